The molecule has 0 aromatic carbocycles. The van der Waals surface area contributed by atoms with E-state index < -0.39 is 7.77 Å². The van der Waals surface area contributed by atoms with Crippen LogP contribution in [0.15, 0.2) is 0 Å². The predicted octanol–water partition coefficient (Wildman–Crippen LogP) is -0.873. The van der Waals surface area contributed by atoms with Crippen LogP contribution >= 0.6 is 7.77 Å². The third-order valence-electron chi connectivity index (χ3n) is 1.10. The first-order valence-corrected chi connectivity index (χ1v) is 4.72. The number of rotatable bonds is 4. The Hall–Kier alpha value is -0.460. The standard InChI is InChI=1S/C6H11N2O2P/c7-3-1-6(8)2-4-11(10)5-9/h4,6,9H,1-2,5,8H2. The van der Waals surface area contributed by atoms with Gasteiger partial charge in [0.05, 0.1) is 26.1 Å². The number of hydrogen-bond acceptors (Lipinski definition) is 4. The molecule has 0 fully saturated rings. The van der Waals surface area contributed by atoms with Gasteiger partial charge in [0.1, 0.15) is 0 Å². The summed E-state index contributed by atoms with van der Waals surface area (Å²) in [5.41, 5.74) is 5.42. The third kappa shape index (κ3) is 5.96. The van der Waals surface area contributed by atoms with Crippen molar-refractivity contribution in [3.8, 4) is 6.07 Å². The SMILES string of the molecule is N#CCC(N)CC=[P+]([O-])CO. The highest BCUT2D eigenvalue weighted by molar-refractivity contribution is 7.49. The number of nitrogens with two attached hydrogens (primary N) is 1. The summed E-state index contributed by atoms with van der Waals surface area (Å²) in [5.74, 6) is 1.46. The van der Waals surface area contributed by atoms with Gasteiger partial charge in [-0.25, -0.2) is 0 Å². The van der Waals surface area contributed by atoms with Crippen LogP contribution in [0.2, 0.25) is 0 Å². The molecule has 11 heavy (non-hydrogen) atoms. The van der Waals surface area contributed by atoms with E-state index in [0.717, 1.165) is 0 Å². The fourth-order valence-corrected chi connectivity index (χ4v) is 1.13. The smallest absolute Gasteiger partial charge is 0.198 e. The van der Waals surface area contributed by atoms with Gasteiger partial charge in [0.15, 0.2) is 6.35 Å². The number of aliphatic hydroxyl groups excluding tert-OH is 1. The Kier molecular flexibility index (Phi) is 6.00. The molecule has 62 valence electrons. The Morgan fingerprint density at radius 3 is 2.91 bits per heavy atom. The predicted molar refractivity (Wildman–Crippen MR) is 42.9 cm³/mol. The summed E-state index contributed by atoms with van der Waals surface area (Å²) in [7, 11) is -1.63. The van der Waals surface area contributed by atoms with Crippen molar-refractivity contribution >= 4 is 13.6 Å². The van der Waals surface area contributed by atoms with Gasteiger partial charge in [-0.15, -0.1) is 0 Å². The lowest BCUT2D eigenvalue weighted by Crippen LogP contribution is -2.19. The molecule has 0 aliphatic heterocycles. The van der Waals surface area contributed by atoms with Crippen LogP contribution in [0.5, 0.6) is 0 Å². The van der Waals surface area contributed by atoms with E-state index in [4.69, 9.17) is 16.1 Å². The Morgan fingerprint density at radius 2 is 2.45 bits per heavy atom. The lowest BCUT2D eigenvalue weighted by Gasteiger charge is -2.00. The Bertz CT molecular complexity index is 176. The summed E-state index contributed by atoms with van der Waals surface area (Å²) in [6.07, 6.45) is 0.336. The van der Waals surface area contributed by atoms with Gasteiger partial charge in [-0.2, -0.15) is 5.26 Å². The summed E-state index contributed by atoms with van der Waals surface area (Å²) in [5, 5.41) is 16.5. The molecule has 0 aliphatic carbocycles. The van der Waals surface area contributed by atoms with E-state index in [0.29, 0.717) is 6.42 Å². The molecular formula is C6H11N2O2P. The molecule has 5 heteroatoms. The zero-order valence-corrected chi connectivity index (χ0v) is 7.00. The van der Waals surface area contributed by atoms with Crippen molar-refractivity contribution in [3.63, 3.8) is 0 Å². The largest absolute Gasteiger partial charge is 0.629 e. The van der Waals surface area contributed by atoms with E-state index in [9.17, 15) is 4.89 Å². The molecule has 4 nitrogen and oxygen atoms in total. The highest BCUT2D eigenvalue weighted by Gasteiger charge is 2.01. The molecule has 0 amide bonds. The molecule has 0 saturated heterocycles. The Labute approximate surface area is 66.7 Å². The molecule has 0 rings (SSSR count). The first kappa shape index (κ1) is 10.5. The third-order valence-corrected chi connectivity index (χ3v) is 2.00. The minimum absolute atomic E-state index is 0.255. The molecule has 2 atom stereocenters. The lowest BCUT2D eigenvalue weighted by atomic mass is 10.2. The van der Waals surface area contributed by atoms with Crippen LogP contribution in [0.4, 0.5) is 0 Å². The first-order valence-electron chi connectivity index (χ1n) is 3.21. The molecule has 0 heterocycles. The normalized spacial score (nSPS) is 14.2. The molecule has 0 saturated carbocycles. The highest BCUT2D eigenvalue weighted by Crippen LogP contribution is 2.07. The second-order valence-electron chi connectivity index (χ2n) is 2.10. The number of hydrogen-bond donors (Lipinski definition) is 2. The van der Waals surface area contributed by atoms with Crippen molar-refractivity contribution in [2.24, 2.45) is 5.73 Å². The molecule has 0 aromatic heterocycles. The Morgan fingerprint density at radius 1 is 1.82 bits per heavy atom. The van der Waals surface area contributed by atoms with Crippen LogP contribution in [-0.2, 0) is 0 Å². The number of nitriles is 1. The maximum atomic E-state index is 10.6. The van der Waals surface area contributed by atoms with Crippen molar-refractivity contribution in [1.29, 1.82) is 5.26 Å². The van der Waals surface area contributed by atoms with Crippen LogP contribution in [0.3, 0.4) is 0 Å². The average molecular weight is 174 g/mol. The second-order valence-corrected chi connectivity index (χ2v) is 3.58. The zero-order valence-electron chi connectivity index (χ0n) is 6.10. The van der Waals surface area contributed by atoms with Gasteiger partial charge in [0.25, 0.3) is 0 Å². The van der Waals surface area contributed by atoms with Crippen molar-refractivity contribution < 1.29 is 10.00 Å². The first-order chi connectivity index (χ1) is 5.20. The summed E-state index contributed by atoms with van der Waals surface area (Å²) >= 11 is 0. The molecule has 0 aliphatic rings. The summed E-state index contributed by atoms with van der Waals surface area (Å²) < 4.78 is 0. The molecule has 0 spiro atoms. The van der Waals surface area contributed by atoms with E-state index in [1.807, 2.05) is 6.07 Å². The van der Waals surface area contributed by atoms with Crippen LogP contribution in [0.1, 0.15) is 12.8 Å². The van der Waals surface area contributed by atoms with Gasteiger partial charge < -0.3 is 15.7 Å². The maximum absolute atomic E-state index is 10.6. The Balaban J connectivity index is 3.61. The number of nitrogens with zero attached hydrogens (tertiary/aromatic N) is 1. The highest BCUT2D eigenvalue weighted by atomic mass is 31.1. The minimum atomic E-state index is -1.63. The van der Waals surface area contributed by atoms with E-state index in [1.165, 1.54) is 5.80 Å². The molecule has 2 unspecified atom stereocenters. The monoisotopic (exact) mass is 174 g/mol. The summed E-state index contributed by atoms with van der Waals surface area (Å²) in [6.45, 7) is 0. The van der Waals surface area contributed by atoms with Crippen molar-refractivity contribution in [1.82, 2.24) is 0 Å². The van der Waals surface area contributed by atoms with Crippen molar-refractivity contribution in [3.05, 3.63) is 0 Å². The van der Waals surface area contributed by atoms with Crippen LogP contribution in [0, 0.1) is 11.3 Å². The van der Waals surface area contributed by atoms with Gasteiger partial charge in [0.2, 0.25) is 0 Å². The van der Waals surface area contributed by atoms with E-state index in [1.54, 1.807) is 0 Å². The van der Waals surface area contributed by atoms with Crippen molar-refractivity contribution in [2.45, 2.75) is 18.9 Å². The number of aliphatic hydroxyl groups is 1. The van der Waals surface area contributed by atoms with Crippen LogP contribution in [-0.4, -0.2) is 23.3 Å². The van der Waals surface area contributed by atoms with Crippen LogP contribution < -0.4 is 10.6 Å². The van der Waals surface area contributed by atoms with E-state index in [-0.39, 0.29) is 18.8 Å². The summed E-state index contributed by atoms with van der Waals surface area (Å²) in [6, 6.07) is 1.65. The van der Waals surface area contributed by atoms with Gasteiger partial charge >= 0.3 is 0 Å². The van der Waals surface area contributed by atoms with E-state index in [2.05, 4.69) is 0 Å². The molecule has 0 bridgehead atoms. The minimum Gasteiger partial charge on any atom is -0.629 e. The molecule has 0 radical (unpaired) electrons. The fourth-order valence-electron chi connectivity index (χ4n) is 0.511. The van der Waals surface area contributed by atoms with Crippen LogP contribution in [0.25, 0.3) is 0 Å². The van der Waals surface area contributed by atoms with Crippen molar-refractivity contribution in [2.75, 3.05) is 6.35 Å². The zero-order chi connectivity index (χ0) is 8.69. The molecule has 3 N–H and O–H groups in total. The molecule has 0 aromatic rings. The van der Waals surface area contributed by atoms with Gasteiger partial charge in [0, 0.05) is 12.5 Å². The second kappa shape index (κ2) is 6.26. The fraction of sp³-hybridized carbons (Fsp3) is 0.667. The maximum Gasteiger partial charge on any atom is 0.198 e. The summed E-state index contributed by atoms with van der Waals surface area (Å²) in [4.78, 5) is 10.6. The van der Waals surface area contributed by atoms with E-state index >= 15 is 0 Å². The quantitative estimate of drug-likeness (QED) is 0.541. The van der Waals surface area contributed by atoms with Gasteiger partial charge in [-0.3, -0.25) is 0 Å². The van der Waals surface area contributed by atoms with Gasteiger partial charge in [-0.05, 0) is 0 Å². The molecular weight excluding hydrogens is 163 g/mol. The topological polar surface area (TPSA) is 93.1 Å². The van der Waals surface area contributed by atoms with Gasteiger partial charge in [-0.1, -0.05) is 0 Å². The lowest BCUT2D eigenvalue weighted by molar-refractivity contribution is -0.155. The average Bonchev–Trinajstić information content (AvgIpc) is 2.01.